The quantitative estimate of drug-likeness (QED) is 0.336. The van der Waals surface area contributed by atoms with Crippen molar-refractivity contribution in [2.75, 3.05) is 32.8 Å². The largest absolute Gasteiger partial charge is 0.396 e. The van der Waals surface area contributed by atoms with E-state index in [9.17, 15) is 0 Å². The van der Waals surface area contributed by atoms with Crippen LogP contribution < -0.4 is 0 Å². The summed E-state index contributed by atoms with van der Waals surface area (Å²) in [7, 11) is 0. The van der Waals surface area contributed by atoms with Crippen molar-refractivity contribution in [1.29, 1.82) is 0 Å². The molecule has 23 heavy (non-hydrogen) atoms. The Balaban J connectivity index is 3.48. The van der Waals surface area contributed by atoms with Crippen molar-refractivity contribution < 1.29 is 10.2 Å². The van der Waals surface area contributed by atoms with Crippen LogP contribution in [-0.4, -0.2) is 48.0 Å². The van der Waals surface area contributed by atoms with E-state index in [1.807, 2.05) is 0 Å². The van der Waals surface area contributed by atoms with Crippen LogP contribution in [0.3, 0.4) is 0 Å². The van der Waals surface area contributed by atoms with E-state index >= 15 is 0 Å². The van der Waals surface area contributed by atoms with Crippen LogP contribution in [0, 0.1) is 0 Å². The van der Waals surface area contributed by atoms with Crippen molar-refractivity contribution in [1.82, 2.24) is 4.90 Å². The fourth-order valence-corrected chi connectivity index (χ4v) is 3.05. The van der Waals surface area contributed by atoms with E-state index in [1.165, 1.54) is 70.8 Å². The standard InChI is InChI=1S/C20H43NO2/c1-2-3-4-5-6-7-8-9-10-11-16-21(17-12-14-19-22)18-13-15-20-23/h22-23H,2-20H2,1H3. The Kier molecular flexibility index (Phi) is 19.8. The molecule has 0 heterocycles. The molecular weight excluding hydrogens is 286 g/mol. The van der Waals surface area contributed by atoms with E-state index in [0.29, 0.717) is 13.2 Å². The molecule has 0 saturated carbocycles. The second-order valence-electron chi connectivity index (χ2n) is 6.89. The molecule has 140 valence electrons. The van der Waals surface area contributed by atoms with Crippen LogP contribution in [0.1, 0.15) is 96.8 Å². The molecule has 0 aromatic rings. The van der Waals surface area contributed by atoms with E-state index in [-0.39, 0.29) is 0 Å². The van der Waals surface area contributed by atoms with Crippen LogP contribution in [-0.2, 0) is 0 Å². The Bertz CT molecular complexity index is 202. The molecule has 0 unspecified atom stereocenters. The SMILES string of the molecule is CCCCCCCCCCCCN(CCCCO)CCCCO. The summed E-state index contributed by atoms with van der Waals surface area (Å²) < 4.78 is 0. The van der Waals surface area contributed by atoms with Crippen LogP contribution in [0.2, 0.25) is 0 Å². The van der Waals surface area contributed by atoms with Gasteiger partial charge < -0.3 is 15.1 Å². The third-order valence-corrected chi connectivity index (χ3v) is 4.59. The molecule has 3 nitrogen and oxygen atoms in total. The Morgan fingerprint density at radius 3 is 1.22 bits per heavy atom. The summed E-state index contributed by atoms with van der Waals surface area (Å²) in [5, 5.41) is 17.8. The number of aliphatic hydroxyl groups is 2. The minimum atomic E-state index is 0.308. The van der Waals surface area contributed by atoms with Gasteiger partial charge in [0, 0.05) is 13.2 Å². The lowest BCUT2D eigenvalue weighted by Gasteiger charge is -2.22. The molecule has 0 bridgehead atoms. The highest BCUT2D eigenvalue weighted by atomic mass is 16.3. The van der Waals surface area contributed by atoms with Crippen molar-refractivity contribution in [3.63, 3.8) is 0 Å². The second-order valence-corrected chi connectivity index (χ2v) is 6.89. The third-order valence-electron chi connectivity index (χ3n) is 4.59. The van der Waals surface area contributed by atoms with E-state index in [1.54, 1.807) is 0 Å². The normalized spacial score (nSPS) is 11.5. The number of rotatable bonds is 19. The molecule has 0 saturated heterocycles. The maximum Gasteiger partial charge on any atom is 0.0431 e. The summed E-state index contributed by atoms with van der Waals surface area (Å²) in [6.45, 7) is 6.28. The van der Waals surface area contributed by atoms with E-state index in [2.05, 4.69) is 11.8 Å². The monoisotopic (exact) mass is 329 g/mol. The molecule has 0 spiro atoms. The van der Waals surface area contributed by atoms with Gasteiger partial charge in [0.05, 0.1) is 0 Å². The Morgan fingerprint density at radius 2 is 0.826 bits per heavy atom. The number of nitrogens with zero attached hydrogens (tertiary/aromatic N) is 1. The summed E-state index contributed by atoms with van der Waals surface area (Å²) in [6, 6.07) is 0. The Labute approximate surface area is 145 Å². The van der Waals surface area contributed by atoms with Gasteiger partial charge in [0.1, 0.15) is 0 Å². The lowest BCUT2D eigenvalue weighted by molar-refractivity contribution is 0.223. The molecule has 3 heteroatoms. The van der Waals surface area contributed by atoms with Gasteiger partial charge in [-0.05, 0) is 51.7 Å². The molecule has 0 radical (unpaired) electrons. The zero-order chi connectivity index (χ0) is 17.0. The minimum Gasteiger partial charge on any atom is -0.396 e. The first-order valence-corrected chi connectivity index (χ1v) is 10.3. The van der Waals surface area contributed by atoms with Gasteiger partial charge in [-0.1, -0.05) is 64.7 Å². The van der Waals surface area contributed by atoms with Gasteiger partial charge in [0.25, 0.3) is 0 Å². The summed E-state index contributed by atoms with van der Waals surface area (Å²) >= 11 is 0. The molecule has 0 aromatic carbocycles. The lowest BCUT2D eigenvalue weighted by atomic mass is 10.1. The van der Waals surface area contributed by atoms with Crippen molar-refractivity contribution in [2.45, 2.75) is 96.8 Å². The van der Waals surface area contributed by atoms with Gasteiger partial charge in [-0.25, -0.2) is 0 Å². The van der Waals surface area contributed by atoms with Crippen molar-refractivity contribution >= 4 is 0 Å². The highest BCUT2D eigenvalue weighted by molar-refractivity contribution is 4.59. The van der Waals surface area contributed by atoms with Crippen LogP contribution in [0.5, 0.6) is 0 Å². The molecule has 0 rings (SSSR count). The van der Waals surface area contributed by atoms with Gasteiger partial charge >= 0.3 is 0 Å². The lowest BCUT2D eigenvalue weighted by Crippen LogP contribution is -2.27. The summed E-state index contributed by atoms with van der Waals surface area (Å²) in [6.07, 6.45) is 17.9. The van der Waals surface area contributed by atoms with Gasteiger partial charge in [-0.3, -0.25) is 0 Å². The van der Waals surface area contributed by atoms with Crippen molar-refractivity contribution in [3.05, 3.63) is 0 Å². The smallest absolute Gasteiger partial charge is 0.0431 e. The molecule has 0 atom stereocenters. The fourth-order valence-electron chi connectivity index (χ4n) is 3.05. The average molecular weight is 330 g/mol. The molecule has 0 fully saturated rings. The zero-order valence-electron chi connectivity index (χ0n) is 15.8. The van der Waals surface area contributed by atoms with Crippen LogP contribution in [0.4, 0.5) is 0 Å². The molecule has 0 aliphatic heterocycles. The average Bonchev–Trinajstić information content (AvgIpc) is 2.56. The van der Waals surface area contributed by atoms with Gasteiger partial charge in [-0.15, -0.1) is 0 Å². The molecular formula is C20H43NO2. The predicted molar refractivity (Wildman–Crippen MR) is 101 cm³/mol. The van der Waals surface area contributed by atoms with E-state index < -0.39 is 0 Å². The summed E-state index contributed by atoms with van der Waals surface area (Å²) in [5.41, 5.74) is 0. The van der Waals surface area contributed by atoms with Gasteiger partial charge in [0.2, 0.25) is 0 Å². The topological polar surface area (TPSA) is 43.7 Å². The van der Waals surface area contributed by atoms with Gasteiger partial charge in [0.15, 0.2) is 0 Å². The molecule has 2 N–H and O–H groups in total. The Morgan fingerprint density at radius 1 is 0.478 bits per heavy atom. The number of hydrogen-bond acceptors (Lipinski definition) is 3. The molecule has 0 aliphatic rings. The van der Waals surface area contributed by atoms with Crippen LogP contribution >= 0.6 is 0 Å². The van der Waals surface area contributed by atoms with Crippen molar-refractivity contribution in [2.24, 2.45) is 0 Å². The first-order chi connectivity index (χ1) is 11.3. The predicted octanol–water partition coefficient (Wildman–Crippen LogP) is 4.75. The summed E-state index contributed by atoms with van der Waals surface area (Å²) in [5.74, 6) is 0. The van der Waals surface area contributed by atoms with E-state index in [0.717, 1.165) is 38.8 Å². The van der Waals surface area contributed by atoms with Crippen LogP contribution in [0.25, 0.3) is 0 Å². The Hall–Kier alpha value is -0.120. The molecule has 0 aromatic heterocycles. The molecule has 0 amide bonds. The number of unbranched alkanes of at least 4 members (excludes halogenated alkanes) is 11. The maximum atomic E-state index is 8.91. The fraction of sp³-hybridized carbons (Fsp3) is 1.00. The van der Waals surface area contributed by atoms with Gasteiger partial charge in [-0.2, -0.15) is 0 Å². The maximum absolute atomic E-state index is 8.91. The number of hydrogen-bond donors (Lipinski definition) is 2. The second kappa shape index (κ2) is 19.9. The minimum absolute atomic E-state index is 0.308. The number of aliphatic hydroxyl groups excluding tert-OH is 2. The van der Waals surface area contributed by atoms with E-state index in [4.69, 9.17) is 10.2 Å². The highest BCUT2D eigenvalue weighted by Gasteiger charge is 2.04. The third kappa shape index (κ3) is 18.1. The summed E-state index contributed by atoms with van der Waals surface area (Å²) in [4.78, 5) is 2.52. The zero-order valence-corrected chi connectivity index (χ0v) is 15.8. The van der Waals surface area contributed by atoms with Crippen molar-refractivity contribution in [3.8, 4) is 0 Å². The first kappa shape index (κ1) is 22.9. The first-order valence-electron chi connectivity index (χ1n) is 10.3. The van der Waals surface area contributed by atoms with Crippen LogP contribution in [0.15, 0.2) is 0 Å². The molecule has 0 aliphatic carbocycles. The highest BCUT2D eigenvalue weighted by Crippen LogP contribution is 2.11.